The zero-order valence-corrected chi connectivity index (χ0v) is 15.4. The van der Waals surface area contributed by atoms with E-state index in [-0.39, 0.29) is 12.3 Å². The Hall–Kier alpha value is -3.06. The molecule has 0 radical (unpaired) electrons. The van der Waals surface area contributed by atoms with E-state index in [0.717, 1.165) is 33.6 Å². The Kier molecular flexibility index (Phi) is 5.38. The molecule has 134 valence electrons. The largest absolute Gasteiger partial charge is 0.497 e. The molecule has 3 rings (SSSR count). The van der Waals surface area contributed by atoms with E-state index in [0.29, 0.717) is 5.11 Å². The number of benzene rings is 2. The molecule has 7 heteroatoms. The number of fused-ring (bicyclic) bond motifs is 1. The Morgan fingerprint density at radius 2 is 1.85 bits per heavy atom. The molecule has 0 aliphatic heterocycles. The predicted molar refractivity (Wildman–Crippen MR) is 107 cm³/mol. The van der Waals surface area contributed by atoms with Gasteiger partial charge in [-0.2, -0.15) is 0 Å². The smallest absolute Gasteiger partial charge is 0.242 e. The van der Waals surface area contributed by atoms with Crippen LogP contribution in [0.3, 0.4) is 0 Å². The third-order valence-corrected chi connectivity index (χ3v) is 4.23. The number of hydrogen-bond acceptors (Lipinski definition) is 3. The van der Waals surface area contributed by atoms with Crippen LogP contribution in [0.5, 0.6) is 5.75 Å². The number of H-pyrrole nitrogens is 1. The standard InChI is InChI=1S/C19H20N4O2S/c1-12-16(15-5-3-4-6-17(15)20-12)11-18(24)22-23-19(26)21-13-7-9-14(25-2)10-8-13/h3-10,20H,11H2,1-2H3,(H,22,24)(H2,21,23,26). The molecule has 0 fully saturated rings. The maximum Gasteiger partial charge on any atom is 0.242 e. The van der Waals surface area contributed by atoms with Crippen molar-refractivity contribution < 1.29 is 9.53 Å². The van der Waals surface area contributed by atoms with Crippen LogP contribution < -0.4 is 20.9 Å². The van der Waals surface area contributed by atoms with Crippen molar-refractivity contribution in [3.8, 4) is 5.75 Å². The van der Waals surface area contributed by atoms with E-state index in [4.69, 9.17) is 17.0 Å². The molecule has 0 saturated heterocycles. The molecule has 2 aromatic carbocycles. The van der Waals surface area contributed by atoms with Crippen molar-refractivity contribution in [2.75, 3.05) is 12.4 Å². The lowest BCUT2D eigenvalue weighted by atomic mass is 10.1. The fraction of sp³-hybridized carbons (Fsp3) is 0.158. The number of aromatic amines is 1. The molecule has 1 amide bonds. The number of aryl methyl sites for hydroxylation is 1. The number of thiocarbonyl (C=S) groups is 1. The summed E-state index contributed by atoms with van der Waals surface area (Å²) in [5.74, 6) is 0.591. The van der Waals surface area contributed by atoms with Crippen molar-refractivity contribution in [3.63, 3.8) is 0 Å². The van der Waals surface area contributed by atoms with Crippen LogP contribution in [0, 0.1) is 6.92 Å². The van der Waals surface area contributed by atoms with Crippen LogP contribution in [-0.2, 0) is 11.2 Å². The van der Waals surface area contributed by atoms with Gasteiger partial charge < -0.3 is 15.0 Å². The number of carbonyl (C=O) groups is 1. The van der Waals surface area contributed by atoms with Crippen molar-refractivity contribution >= 4 is 39.8 Å². The van der Waals surface area contributed by atoms with Crippen LogP contribution in [0.4, 0.5) is 5.69 Å². The van der Waals surface area contributed by atoms with Gasteiger partial charge in [-0.3, -0.25) is 15.6 Å². The predicted octanol–water partition coefficient (Wildman–Crippen LogP) is 3.05. The Bertz CT molecular complexity index is 934. The van der Waals surface area contributed by atoms with Gasteiger partial charge in [0, 0.05) is 22.3 Å². The first kappa shape index (κ1) is 17.8. The van der Waals surface area contributed by atoms with Gasteiger partial charge in [0.05, 0.1) is 13.5 Å². The summed E-state index contributed by atoms with van der Waals surface area (Å²) in [6.45, 7) is 1.96. The van der Waals surface area contributed by atoms with Gasteiger partial charge in [0.25, 0.3) is 0 Å². The number of ether oxygens (including phenoxy) is 1. The van der Waals surface area contributed by atoms with Gasteiger partial charge in [-0.15, -0.1) is 0 Å². The van der Waals surface area contributed by atoms with Crippen LogP contribution >= 0.6 is 12.2 Å². The lowest BCUT2D eigenvalue weighted by molar-refractivity contribution is -0.120. The minimum atomic E-state index is -0.170. The van der Waals surface area contributed by atoms with Crippen molar-refractivity contribution in [3.05, 3.63) is 59.8 Å². The number of methoxy groups -OCH3 is 1. The number of carbonyl (C=O) groups excluding carboxylic acids is 1. The first-order valence-corrected chi connectivity index (χ1v) is 8.53. The van der Waals surface area contributed by atoms with Gasteiger partial charge in [0.2, 0.25) is 5.91 Å². The number of anilines is 1. The summed E-state index contributed by atoms with van der Waals surface area (Å²) in [4.78, 5) is 15.5. The van der Waals surface area contributed by atoms with Crippen LogP contribution in [0.2, 0.25) is 0 Å². The number of nitrogens with one attached hydrogen (secondary N) is 4. The Morgan fingerprint density at radius 1 is 1.12 bits per heavy atom. The van der Waals surface area contributed by atoms with E-state index in [1.54, 1.807) is 7.11 Å². The SMILES string of the molecule is COc1ccc(NC(=S)NNC(=O)Cc2c(C)[nH]c3ccccc23)cc1. The molecular formula is C19H20N4O2S. The monoisotopic (exact) mass is 368 g/mol. The molecule has 26 heavy (non-hydrogen) atoms. The molecule has 0 aliphatic carbocycles. The van der Waals surface area contributed by atoms with E-state index in [2.05, 4.69) is 21.2 Å². The summed E-state index contributed by atoms with van der Waals surface area (Å²) in [7, 11) is 1.61. The number of para-hydroxylation sites is 1. The minimum absolute atomic E-state index is 0.170. The van der Waals surface area contributed by atoms with Crippen molar-refractivity contribution in [2.24, 2.45) is 0 Å². The van der Waals surface area contributed by atoms with Gasteiger partial charge >= 0.3 is 0 Å². The van der Waals surface area contributed by atoms with Gasteiger partial charge in [0.1, 0.15) is 5.75 Å². The van der Waals surface area contributed by atoms with Crippen LogP contribution in [-0.4, -0.2) is 23.1 Å². The summed E-state index contributed by atoms with van der Waals surface area (Å²) in [6.07, 6.45) is 0.258. The third kappa shape index (κ3) is 4.12. The lowest BCUT2D eigenvalue weighted by Gasteiger charge is -2.12. The average molecular weight is 368 g/mol. The van der Waals surface area contributed by atoms with Crippen LogP contribution in [0.15, 0.2) is 48.5 Å². The maximum absolute atomic E-state index is 12.3. The van der Waals surface area contributed by atoms with Crippen LogP contribution in [0.1, 0.15) is 11.3 Å². The van der Waals surface area contributed by atoms with Crippen molar-refractivity contribution in [2.45, 2.75) is 13.3 Å². The van der Waals surface area contributed by atoms with E-state index >= 15 is 0 Å². The number of rotatable bonds is 4. The highest BCUT2D eigenvalue weighted by Gasteiger charge is 2.12. The zero-order chi connectivity index (χ0) is 18.5. The quantitative estimate of drug-likeness (QED) is 0.421. The second-order valence-electron chi connectivity index (χ2n) is 5.81. The van der Waals surface area contributed by atoms with Gasteiger partial charge in [-0.1, -0.05) is 18.2 Å². The third-order valence-electron chi connectivity index (χ3n) is 4.03. The van der Waals surface area contributed by atoms with Gasteiger partial charge in [-0.25, -0.2) is 0 Å². The van der Waals surface area contributed by atoms with E-state index < -0.39 is 0 Å². The highest BCUT2D eigenvalue weighted by Crippen LogP contribution is 2.22. The summed E-state index contributed by atoms with van der Waals surface area (Å²) in [5.41, 5.74) is 9.13. The molecule has 6 nitrogen and oxygen atoms in total. The Labute approximate surface area is 156 Å². The van der Waals surface area contributed by atoms with Crippen LogP contribution in [0.25, 0.3) is 10.9 Å². The second kappa shape index (κ2) is 7.88. The molecule has 0 bridgehead atoms. The Morgan fingerprint density at radius 3 is 2.58 bits per heavy atom. The lowest BCUT2D eigenvalue weighted by Crippen LogP contribution is -2.44. The Balaban J connectivity index is 1.54. The highest BCUT2D eigenvalue weighted by molar-refractivity contribution is 7.80. The van der Waals surface area contributed by atoms with Crippen molar-refractivity contribution in [1.29, 1.82) is 0 Å². The molecule has 0 aliphatic rings. The molecule has 4 N–H and O–H groups in total. The minimum Gasteiger partial charge on any atom is -0.497 e. The van der Waals surface area contributed by atoms with E-state index in [1.807, 2.05) is 55.5 Å². The van der Waals surface area contributed by atoms with E-state index in [9.17, 15) is 4.79 Å². The highest BCUT2D eigenvalue weighted by atomic mass is 32.1. The summed E-state index contributed by atoms with van der Waals surface area (Å²) in [6, 6.07) is 15.2. The van der Waals surface area contributed by atoms with E-state index in [1.165, 1.54) is 0 Å². The fourth-order valence-electron chi connectivity index (χ4n) is 2.73. The summed E-state index contributed by atoms with van der Waals surface area (Å²) >= 11 is 5.19. The zero-order valence-electron chi connectivity index (χ0n) is 14.6. The van der Waals surface area contributed by atoms with Gasteiger partial charge in [-0.05, 0) is 55.0 Å². The van der Waals surface area contributed by atoms with Gasteiger partial charge in [0.15, 0.2) is 5.11 Å². The van der Waals surface area contributed by atoms with Crippen molar-refractivity contribution in [1.82, 2.24) is 15.8 Å². The number of amides is 1. The number of hydrogen-bond donors (Lipinski definition) is 4. The molecule has 0 saturated carbocycles. The first-order valence-electron chi connectivity index (χ1n) is 8.13. The molecule has 1 aromatic heterocycles. The molecular weight excluding hydrogens is 348 g/mol. The normalized spacial score (nSPS) is 10.4. The second-order valence-corrected chi connectivity index (χ2v) is 6.21. The molecule has 0 spiro atoms. The topological polar surface area (TPSA) is 78.2 Å². The molecule has 0 atom stereocenters. The number of aromatic nitrogens is 1. The maximum atomic E-state index is 12.3. The molecule has 0 unspecified atom stereocenters. The fourth-order valence-corrected chi connectivity index (χ4v) is 2.90. The first-order chi connectivity index (χ1) is 12.6. The number of hydrazine groups is 1. The average Bonchev–Trinajstić information content (AvgIpc) is 2.96. The molecule has 1 heterocycles. The summed E-state index contributed by atoms with van der Waals surface area (Å²) in [5, 5.41) is 4.35. The molecule has 3 aromatic rings. The summed E-state index contributed by atoms with van der Waals surface area (Å²) < 4.78 is 5.11.